The summed E-state index contributed by atoms with van der Waals surface area (Å²) < 4.78 is 7.62. The highest BCUT2D eigenvalue weighted by atomic mass is 35.5. The van der Waals surface area contributed by atoms with Crippen LogP contribution >= 0.6 is 46.6 Å². The Hall–Kier alpha value is -2.19. The molecule has 1 unspecified atom stereocenters. The van der Waals surface area contributed by atoms with Gasteiger partial charge in [0.2, 0.25) is 5.91 Å². The van der Waals surface area contributed by atoms with E-state index in [-0.39, 0.29) is 12.5 Å². The van der Waals surface area contributed by atoms with Gasteiger partial charge in [-0.2, -0.15) is 0 Å². The number of benzene rings is 2. The average molecular weight is 498 g/mol. The van der Waals surface area contributed by atoms with Crippen LogP contribution < -0.4 is 10.1 Å². The molecule has 0 aliphatic carbocycles. The number of thioether (sulfide) groups is 1. The van der Waals surface area contributed by atoms with Crippen LogP contribution in [-0.2, 0) is 17.9 Å². The fourth-order valence-corrected chi connectivity index (χ4v) is 3.90. The molecule has 31 heavy (non-hydrogen) atoms. The number of halogens is 3. The predicted octanol–water partition coefficient (Wildman–Crippen LogP) is 6.12. The van der Waals surface area contributed by atoms with E-state index in [9.17, 15) is 4.79 Å². The monoisotopic (exact) mass is 496 g/mol. The van der Waals surface area contributed by atoms with Crippen molar-refractivity contribution in [3.8, 4) is 5.75 Å². The molecule has 0 spiro atoms. The van der Waals surface area contributed by atoms with Crippen LogP contribution in [-0.4, -0.2) is 25.9 Å². The molecule has 2 aromatic carbocycles. The van der Waals surface area contributed by atoms with E-state index in [0.29, 0.717) is 44.0 Å². The Bertz CT molecular complexity index is 1070. The number of carbonyl (C=O) groups is 1. The predicted molar refractivity (Wildman–Crippen MR) is 126 cm³/mol. The molecule has 1 heterocycles. The molecular formula is C21H19Cl3N4O2S. The van der Waals surface area contributed by atoms with Crippen molar-refractivity contribution in [1.29, 1.82) is 0 Å². The number of hydrogen-bond acceptors (Lipinski definition) is 5. The van der Waals surface area contributed by atoms with Gasteiger partial charge in [0.25, 0.3) is 0 Å². The van der Waals surface area contributed by atoms with Crippen molar-refractivity contribution < 1.29 is 9.53 Å². The number of allylic oxidation sites excluding steroid dienone is 1. The molecule has 0 aliphatic rings. The zero-order valence-corrected chi connectivity index (χ0v) is 19.6. The Labute approximate surface area is 199 Å². The molecule has 0 radical (unpaired) electrons. The minimum atomic E-state index is -0.465. The summed E-state index contributed by atoms with van der Waals surface area (Å²) in [6, 6.07) is 12.1. The van der Waals surface area contributed by atoms with Gasteiger partial charge in [-0.1, -0.05) is 58.7 Å². The largest absolute Gasteiger partial charge is 0.486 e. The van der Waals surface area contributed by atoms with Crippen molar-refractivity contribution in [2.24, 2.45) is 0 Å². The maximum absolute atomic E-state index is 12.6. The Kier molecular flexibility index (Phi) is 8.26. The molecular weight excluding hydrogens is 479 g/mol. The lowest BCUT2D eigenvalue weighted by molar-refractivity contribution is -0.115. The Morgan fingerprint density at radius 3 is 2.68 bits per heavy atom. The van der Waals surface area contributed by atoms with Gasteiger partial charge in [-0.05, 0) is 43.3 Å². The van der Waals surface area contributed by atoms with Crippen molar-refractivity contribution in [2.45, 2.75) is 30.5 Å². The number of hydrogen-bond donors (Lipinski definition) is 1. The molecule has 0 saturated carbocycles. The number of carbonyl (C=O) groups excluding carboxylic acids is 1. The summed E-state index contributed by atoms with van der Waals surface area (Å²) in [5, 5.41) is 12.6. The lowest BCUT2D eigenvalue weighted by Crippen LogP contribution is -2.23. The second-order valence-corrected chi connectivity index (χ2v) is 8.92. The second kappa shape index (κ2) is 10.9. The minimum absolute atomic E-state index is 0.210. The van der Waals surface area contributed by atoms with Crippen LogP contribution in [0.2, 0.25) is 15.1 Å². The molecule has 10 heteroatoms. The third-order valence-corrected chi connectivity index (χ3v) is 6.30. The van der Waals surface area contributed by atoms with Crippen LogP contribution in [0.15, 0.2) is 60.3 Å². The van der Waals surface area contributed by atoms with Gasteiger partial charge in [0.05, 0.1) is 21.0 Å². The first-order valence-electron chi connectivity index (χ1n) is 9.22. The van der Waals surface area contributed by atoms with Crippen LogP contribution in [0.25, 0.3) is 0 Å². The molecule has 1 N–H and O–H groups in total. The van der Waals surface area contributed by atoms with E-state index in [1.807, 2.05) is 4.57 Å². The van der Waals surface area contributed by atoms with E-state index in [1.165, 1.54) is 11.8 Å². The van der Waals surface area contributed by atoms with Crippen molar-refractivity contribution in [2.75, 3.05) is 5.32 Å². The van der Waals surface area contributed by atoms with Gasteiger partial charge in [-0.25, -0.2) is 0 Å². The third-order valence-electron chi connectivity index (χ3n) is 4.15. The van der Waals surface area contributed by atoms with Gasteiger partial charge in [0.15, 0.2) is 11.0 Å². The van der Waals surface area contributed by atoms with Crippen molar-refractivity contribution in [3.63, 3.8) is 0 Å². The van der Waals surface area contributed by atoms with E-state index in [0.717, 1.165) is 0 Å². The molecule has 0 aliphatic heterocycles. The molecule has 3 aromatic rings. The molecule has 3 rings (SSSR count). The minimum Gasteiger partial charge on any atom is -0.486 e. The van der Waals surface area contributed by atoms with Gasteiger partial charge in [-0.15, -0.1) is 16.8 Å². The summed E-state index contributed by atoms with van der Waals surface area (Å²) in [5.74, 6) is 1.04. The highest BCUT2D eigenvalue weighted by Gasteiger charge is 2.21. The van der Waals surface area contributed by atoms with Crippen LogP contribution in [0.5, 0.6) is 5.75 Å². The lowest BCUT2D eigenvalue weighted by atomic mass is 10.3. The highest BCUT2D eigenvalue weighted by Crippen LogP contribution is 2.31. The van der Waals surface area contributed by atoms with Gasteiger partial charge < -0.3 is 10.1 Å². The average Bonchev–Trinajstić information content (AvgIpc) is 3.12. The fraction of sp³-hybridized carbons (Fsp3) is 0.190. The van der Waals surface area contributed by atoms with E-state index >= 15 is 0 Å². The molecule has 1 amide bonds. The first kappa shape index (κ1) is 23.5. The topological polar surface area (TPSA) is 69.0 Å². The molecule has 1 aromatic heterocycles. The van der Waals surface area contributed by atoms with Gasteiger partial charge in [-0.3, -0.25) is 9.36 Å². The Morgan fingerprint density at radius 2 is 1.97 bits per heavy atom. The number of nitrogens with zero attached hydrogens (tertiary/aromatic N) is 3. The second-order valence-electron chi connectivity index (χ2n) is 6.39. The van der Waals surface area contributed by atoms with Crippen LogP contribution in [0.4, 0.5) is 5.69 Å². The first-order valence-corrected chi connectivity index (χ1v) is 11.2. The van der Waals surface area contributed by atoms with E-state index in [1.54, 1.807) is 55.5 Å². The van der Waals surface area contributed by atoms with Gasteiger partial charge in [0.1, 0.15) is 12.4 Å². The Morgan fingerprint density at radius 1 is 1.23 bits per heavy atom. The van der Waals surface area contributed by atoms with Crippen LogP contribution in [0, 0.1) is 0 Å². The zero-order chi connectivity index (χ0) is 22.4. The summed E-state index contributed by atoms with van der Waals surface area (Å²) in [7, 11) is 0. The number of ether oxygens (including phenoxy) is 1. The van der Waals surface area contributed by atoms with Crippen LogP contribution in [0.1, 0.15) is 12.7 Å². The summed E-state index contributed by atoms with van der Waals surface area (Å²) in [6.07, 6.45) is 1.73. The standard InChI is InChI=1S/C21H19Cl3N4O2S/c1-3-11-28-18(12-30-15-9-7-14(22)8-10-15)26-27-21(28)31-13(2)20(29)25-17-6-4-5-16(23)19(17)24/h3-10,13H,1,11-12H2,2H3,(H,25,29). The van der Waals surface area contributed by atoms with E-state index < -0.39 is 5.25 Å². The maximum Gasteiger partial charge on any atom is 0.237 e. The first-order chi connectivity index (χ1) is 14.9. The molecule has 1 atom stereocenters. The molecule has 0 saturated heterocycles. The van der Waals surface area contributed by atoms with E-state index in [4.69, 9.17) is 39.5 Å². The zero-order valence-electron chi connectivity index (χ0n) is 16.5. The quantitative estimate of drug-likeness (QED) is 0.285. The summed E-state index contributed by atoms with van der Waals surface area (Å²) in [4.78, 5) is 12.6. The number of aromatic nitrogens is 3. The number of nitrogens with one attached hydrogen (secondary N) is 1. The third kappa shape index (κ3) is 6.17. The van der Waals surface area contributed by atoms with Gasteiger partial charge in [0, 0.05) is 11.6 Å². The number of amides is 1. The highest BCUT2D eigenvalue weighted by molar-refractivity contribution is 8.00. The normalized spacial score (nSPS) is 11.7. The molecule has 6 nitrogen and oxygen atoms in total. The molecule has 0 bridgehead atoms. The fourth-order valence-electron chi connectivity index (χ4n) is 2.55. The lowest BCUT2D eigenvalue weighted by Gasteiger charge is -2.14. The smallest absolute Gasteiger partial charge is 0.237 e. The van der Waals surface area contributed by atoms with E-state index in [2.05, 4.69) is 22.1 Å². The maximum atomic E-state index is 12.6. The summed E-state index contributed by atoms with van der Waals surface area (Å²) >= 11 is 19.3. The number of rotatable bonds is 9. The molecule has 162 valence electrons. The van der Waals surface area contributed by atoms with Crippen molar-refractivity contribution >= 4 is 58.2 Å². The van der Waals surface area contributed by atoms with Gasteiger partial charge >= 0.3 is 0 Å². The SMILES string of the molecule is C=CCn1c(COc2ccc(Cl)cc2)nnc1SC(C)C(=O)Nc1cccc(Cl)c1Cl. The van der Waals surface area contributed by atoms with Crippen molar-refractivity contribution in [3.05, 3.63) is 76.0 Å². The van der Waals surface area contributed by atoms with Crippen LogP contribution in [0.3, 0.4) is 0 Å². The van der Waals surface area contributed by atoms with Crippen molar-refractivity contribution in [1.82, 2.24) is 14.8 Å². The summed E-state index contributed by atoms with van der Waals surface area (Å²) in [6.45, 7) is 6.24. The summed E-state index contributed by atoms with van der Waals surface area (Å²) in [5.41, 5.74) is 0.455. The Balaban J connectivity index is 1.68. The molecule has 0 fully saturated rings. The number of anilines is 1.